The molecule has 1 amide bonds. The molecule has 4 nitrogen and oxygen atoms in total. The van der Waals surface area contributed by atoms with Crippen LogP contribution in [0.3, 0.4) is 0 Å². The van der Waals surface area contributed by atoms with E-state index in [-0.39, 0.29) is 5.56 Å². The van der Waals surface area contributed by atoms with E-state index >= 15 is 0 Å². The van der Waals surface area contributed by atoms with Crippen molar-refractivity contribution in [2.24, 2.45) is 0 Å². The Morgan fingerprint density at radius 3 is 2.41 bits per heavy atom. The Hall–Kier alpha value is -2.21. The van der Waals surface area contributed by atoms with Gasteiger partial charge in [-0.05, 0) is 49.4 Å². The van der Waals surface area contributed by atoms with Gasteiger partial charge in [-0.2, -0.15) is 0 Å². The number of ether oxygens (including phenoxy) is 1. The Morgan fingerprint density at radius 2 is 1.82 bits per heavy atom. The fourth-order valence-corrected chi connectivity index (χ4v) is 2.26. The van der Waals surface area contributed by atoms with Crippen molar-refractivity contribution in [3.05, 3.63) is 63.9 Å². The van der Waals surface area contributed by atoms with Gasteiger partial charge in [0.2, 0.25) is 0 Å². The summed E-state index contributed by atoms with van der Waals surface area (Å²) in [6, 6.07) is 10.2. The number of anilines is 1. The normalized spacial score (nSPS) is 10.1. The van der Waals surface area contributed by atoms with Crippen LogP contribution in [0.4, 0.5) is 10.1 Å². The summed E-state index contributed by atoms with van der Waals surface area (Å²) in [6.45, 7) is 2.02. The van der Waals surface area contributed by atoms with Crippen LogP contribution in [0.15, 0.2) is 46.9 Å². The van der Waals surface area contributed by atoms with E-state index in [4.69, 9.17) is 4.74 Å². The molecule has 2 rings (SSSR count). The highest BCUT2D eigenvalue weighted by molar-refractivity contribution is 9.10. The zero-order valence-electron chi connectivity index (χ0n) is 11.7. The number of nitrogens with one attached hydrogen (secondary N) is 1. The fraction of sp³-hybridized carbons (Fsp3) is 0.125. The van der Waals surface area contributed by atoms with Crippen molar-refractivity contribution < 1.29 is 18.7 Å². The van der Waals surface area contributed by atoms with E-state index in [0.717, 1.165) is 6.07 Å². The van der Waals surface area contributed by atoms with Gasteiger partial charge in [-0.3, -0.25) is 4.79 Å². The molecule has 0 saturated carbocycles. The van der Waals surface area contributed by atoms with Gasteiger partial charge in [-0.15, -0.1) is 0 Å². The number of hydrogen-bond donors (Lipinski definition) is 1. The number of carbonyl (C=O) groups is 2. The molecule has 0 saturated heterocycles. The van der Waals surface area contributed by atoms with Gasteiger partial charge in [-0.25, -0.2) is 9.18 Å². The maximum atomic E-state index is 13.3. The van der Waals surface area contributed by atoms with Crippen LogP contribution in [0.25, 0.3) is 0 Å². The van der Waals surface area contributed by atoms with Crippen LogP contribution in [0.2, 0.25) is 0 Å². The summed E-state index contributed by atoms with van der Waals surface area (Å²) >= 11 is 3.14. The van der Waals surface area contributed by atoms with Crippen molar-refractivity contribution in [3.8, 4) is 0 Å². The molecule has 0 bridgehead atoms. The number of benzene rings is 2. The lowest BCUT2D eigenvalue weighted by atomic mass is 10.2. The molecule has 0 heterocycles. The Labute approximate surface area is 135 Å². The number of rotatable bonds is 4. The van der Waals surface area contributed by atoms with E-state index in [1.807, 2.05) is 0 Å². The summed E-state index contributed by atoms with van der Waals surface area (Å²) in [4.78, 5) is 23.6. The first-order chi connectivity index (χ1) is 10.5. The van der Waals surface area contributed by atoms with Crippen LogP contribution in [-0.4, -0.2) is 18.5 Å². The van der Waals surface area contributed by atoms with E-state index in [1.165, 1.54) is 12.1 Å². The molecule has 0 radical (unpaired) electrons. The molecular weight excluding hydrogens is 353 g/mol. The third-order valence-corrected chi connectivity index (χ3v) is 3.24. The summed E-state index contributed by atoms with van der Waals surface area (Å²) in [6.07, 6.45) is 0. The predicted octanol–water partition coefficient (Wildman–Crippen LogP) is 4.02. The molecule has 114 valence electrons. The van der Waals surface area contributed by atoms with Gasteiger partial charge in [-0.1, -0.05) is 15.9 Å². The lowest BCUT2D eigenvalue weighted by Gasteiger charge is -2.07. The number of amides is 1. The molecule has 0 aliphatic carbocycles. The smallest absolute Gasteiger partial charge is 0.338 e. The van der Waals surface area contributed by atoms with Crippen molar-refractivity contribution in [1.29, 1.82) is 0 Å². The highest BCUT2D eigenvalue weighted by Crippen LogP contribution is 2.17. The van der Waals surface area contributed by atoms with Gasteiger partial charge in [0, 0.05) is 15.7 Å². The first-order valence-electron chi connectivity index (χ1n) is 6.54. The molecule has 2 aromatic carbocycles. The highest BCUT2D eigenvalue weighted by Gasteiger charge is 2.10. The average molecular weight is 366 g/mol. The Bertz CT molecular complexity index is 681. The van der Waals surface area contributed by atoms with E-state index < -0.39 is 17.7 Å². The van der Waals surface area contributed by atoms with Gasteiger partial charge < -0.3 is 10.1 Å². The number of halogens is 2. The quantitative estimate of drug-likeness (QED) is 0.832. The molecule has 22 heavy (non-hydrogen) atoms. The molecule has 6 heteroatoms. The van der Waals surface area contributed by atoms with Crippen molar-refractivity contribution >= 4 is 33.5 Å². The molecular formula is C16H13BrFNO3. The second-order valence-corrected chi connectivity index (χ2v) is 5.33. The molecule has 0 aliphatic heterocycles. The van der Waals surface area contributed by atoms with Crippen LogP contribution < -0.4 is 5.32 Å². The lowest BCUT2D eigenvalue weighted by Crippen LogP contribution is -2.12. The molecule has 0 aliphatic rings. The Balaban J connectivity index is 2.10. The van der Waals surface area contributed by atoms with Crippen molar-refractivity contribution in [2.45, 2.75) is 6.92 Å². The molecule has 0 atom stereocenters. The second kappa shape index (κ2) is 7.17. The minimum atomic E-state index is -0.503. The lowest BCUT2D eigenvalue weighted by molar-refractivity contribution is 0.0526. The van der Waals surface area contributed by atoms with Crippen molar-refractivity contribution in [2.75, 3.05) is 11.9 Å². The minimum absolute atomic E-state index is 0.196. The maximum absolute atomic E-state index is 13.3. The van der Waals surface area contributed by atoms with E-state index in [9.17, 15) is 14.0 Å². The van der Waals surface area contributed by atoms with E-state index in [0.29, 0.717) is 22.3 Å². The number of esters is 1. The Morgan fingerprint density at radius 1 is 1.14 bits per heavy atom. The second-order valence-electron chi connectivity index (χ2n) is 4.41. The third-order valence-electron chi connectivity index (χ3n) is 2.78. The number of carbonyl (C=O) groups excluding carboxylic acids is 2. The summed E-state index contributed by atoms with van der Waals surface area (Å²) in [5.41, 5.74) is 1.09. The van der Waals surface area contributed by atoms with Crippen molar-refractivity contribution in [1.82, 2.24) is 0 Å². The van der Waals surface area contributed by atoms with Gasteiger partial charge in [0.25, 0.3) is 5.91 Å². The molecule has 1 N–H and O–H groups in total. The zero-order valence-corrected chi connectivity index (χ0v) is 13.3. The molecule has 0 aromatic heterocycles. The molecule has 2 aromatic rings. The molecule has 0 unspecified atom stereocenters. The minimum Gasteiger partial charge on any atom is -0.462 e. The monoisotopic (exact) mass is 365 g/mol. The Kier molecular flexibility index (Phi) is 5.27. The third kappa shape index (κ3) is 4.14. The van der Waals surface area contributed by atoms with Crippen molar-refractivity contribution in [3.63, 3.8) is 0 Å². The first kappa shape index (κ1) is 16.2. The summed E-state index contributed by atoms with van der Waals surface area (Å²) < 4.78 is 18.6. The van der Waals surface area contributed by atoms with E-state index in [1.54, 1.807) is 31.2 Å². The predicted molar refractivity (Wildman–Crippen MR) is 84.5 cm³/mol. The van der Waals surface area contributed by atoms with Gasteiger partial charge in [0.05, 0.1) is 12.2 Å². The topological polar surface area (TPSA) is 55.4 Å². The zero-order chi connectivity index (χ0) is 16.1. The van der Waals surface area contributed by atoms with Gasteiger partial charge in [0.15, 0.2) is 0 Å². The van der Waals surface area contributed by atoms with E-state index in [2.05, 4.69) is 21.2 Å². The molecule has 0 fully saturated rings. The summed E-state index contributed by atoms with van der Waals surface area (Å²) in [5.74, 6) is -1.37. The summed E-state index contributed by atoms with van der Waals surface area (Å²) in [7, 11) is 0. The van der Waals surface area contributed by atoms with Crippen LogP contribution >= 0.6 is 15.9 Å². The number of hydrogen-bond acceptors (Lipinski definition) is 3. The van der Waals surface area contributed by atoms with Crippen LogP contribution in [-0.2, 0) is 4.74 Å². The fourth-order valence-electron chi connectivity index (χ4n) is 1.79. The van der Waals surface area contributed by atoms with Crippen LogP contribution in [0.5, 0.6) is 0 Å². The molecule has 0 spiro atoms. The standard InChI is InChI=1S/C16H13BrFNO3/c1-2-22-16(21)10-3-5-14(6-4-10)19-15(20)11-7-12(17)9-13(18)8-11/h3-9H,2H2,1H3,(H,19,20). The first-order valence-corrected chi connectivity index (χ1v) is 7.33. The largest absolute Gasteiger partial charge is 0.462 e. The van der Waals surface area contributed by atoms with Gasteiger partial charge in [0.1, 0.15) is 5.82 Å². The van der Waals surface area contributed by atoms with Gasteiger partial charge >= 0.3 is 5.97 Å². The average Bonchev–Trinajstić information content (AvgIpc) is 2.47. The van der Waals surface area contributed by atoms with Crippen LogP contribution in [0.1, 0.15) is 27.6 Å². The SMILES string of the molecule is CCOC(=O)c1ccc(NC(=O)c2cc(F)cc(Br)c2)cc1. The van der Waals surface area contributed by atoms with Crippen LogP contribution in [0, 0.1) is 5.82 Å². The highest BCUT2D eigenvalue weighted by atomic mass is 79.9. The summed E-state index contributed by atoms with van der Waals surface area (Å²) in [5, 5.41) is 2.63. The maximum Gasteiger partial charge on any atom is 0.338 e.